The highest BCUT2D eigenvalue weighted by Gasteiger charge is 2.50. The monoisotopic (exact) mass is 1070 g/mol. The van der Waals surface area contributed by atoms with Gasteiger partial charge in [-0.15, -0.1) is 120 Å². The van der Waals surface area contributed by atoms with E-state index in [0.717, 1.165) is 93.3 Å². The number of benzene rings is 4. The van der Waals surface area contributed by atoms with Crippen molar-refractivity contribution in [3.05, 3.63) is 57.7 Å². The van der Waals surface area contributed by atoms with Gasteiger partial charge in [0.05, 0.1) is 5.41 Å². The molecular weight excluding hydrogens is 1030 g/mol. The fourth-order valence-corrected chi connectivity index (χ4v) is 14.7. The topological polar surface area (TPSA) is 0 Å². The third-order valence-corrected chi connectivity index (χ3v) is 22.5. The molecule has 4 aromatic rings. The first kappa shape index (κ1) is 41.5. The van der Waals surface area contributed by atoms with Crippen LogP contribution in [0, 0.1) is 39.5 Å². The summed E-state index contributed by atoms with van der Waals surface area (Å²) >= 11 is 4.63. The van der Waals surface area contributed by atoms with Gasteiger partial charge in [-0.3, -0.25) is 0 Å². The van der Waals surface area contributed by atoms with E-state index in [0.29, 0.717) is 21.7 Å². The van der Waals surface area contributed by atoms with Crippen LogP contribution in [0.4, 0.5) is 8.78 Å². The summed E-state index contributed by atoms with van der Waals surface area (Å²) in [5.74, 6) is -0.609. The molecule has 0 aliphatic rings. The summed E-state index contributed by atoms with van der Waals surface area (Å²) in [7, 11) is 37.5. The molecule has 4 rings (SSSR count). The fraction of sp³-hybridized carbons (Fsp3) is 0.143. The van der Waals surface area contributed by atoms with E-state index in [9.17, 15) is 0 Å². The van der Waals surface area contributed by atoms with Gasteiger partial charge in [0.25, 0.3) is 0 Å². The SMILES string of the molecule is Cc1c(F)c(P)c(C(c2c(P)c(P)c(C)c(P)c2P)(c2c(P)c(P)c(P)c(P)c2P)c2c(P)c(F)c(C)c(I)c2I)c(P)c1P. The first-order valence-electron chi connectivity index (χ1n) is 13.0. The maximum absolute atomic E-state index is 16.6. The smallest absolute Gasteiger partial charge is 0.134 e. The van der Waals surface area contributed by atoms with Gasteiger partial charge in [0.2, 0.25) is 0 Å². The largest absolute Gasteiger partial charge is 0.206 e. The summed E-state index contributed by atoms with van der Waals surface area (Å²) in [6.45, 7) is 5.71. The molecule has 0 bridgehead atoms. The van der Waals surface area contributed by atoms with Crippen molar-refractivity contribution in [2.45, 2.75) is 26.2 Å². The zero-order valence-electron chi connectivity index (χ0n) is 24.5. The van der Waals surface area contributed by atoms with Crippen LogP contribution in [0.2, 0.25) is 0 Å². The maximum Gasteiger partial charge on any atom is 0.134 e. The van der Waals surface area contributed by atoms with Crippen molar-refractivity contribution in [3.63, 3.8) is 0 Å². The lowest BCUT2D eigenvalue weighted by molar-refractivity contribution is 0.617. The van der Waals surface area contributed by atoms with Gasteiger partial charge in [0, 0.05) is 17.7 Å². The molecule has 17 heteroatoms. The van der Waals surface area contributed by atoms with Crippen LogP contribution in [-0.2, 0) is 5.41 Å². The Morgan fingerprint density at radius 1 is 0.356 bits per heavy atom. The van der Waals surface area contributed by atoms with E-state index in [1.807, 2.05) is 6.92 Å². The van der Waals surface area contributed by atoms with Gasteiger partial charge in [0.1, 0.15) is 11.6 Å². The molecule has 4 aromatic carbocycles. The third-order valence-electron chi connectivity index (χ3n) is 8.50. The lowest BCUT2D eigenvalue weighted by Gasteiger charge is -2.45. The van der Waals surface area contributed by atoms with Crippen LogP contribution in [0.25, 0.3) is 0 Å². The van der Waals surface area contributed by atoms with Crippen LogP contribution in [0.15, 0.2) is 0 Å². The second kappa shape index (κ2) is 15.6. The average Bonchev–Trinajstić information content (AvgIpc) is 3.00. The summed E-state index contributed by atoms with van der Waals surface area (Å²) in [6, 6.07) is 0. The highest BCUT2D eigenvalue weighted by Crippen LogP contribution is 2.47. The molecule has 0 saturated carbocycles. The summed E-state index contributed by atoms with van der Waals surface area (Å²) in [4.78, 5) is 0. The summed E-state index contributed by atoms with van der Waals surface area (Å²) in [5.41, 5.74) is 4.35. The second-order valence-electron chi connectivity index (χ2n) is 10.8. The van der Waals surface area contributed by atoms with E-state index < -0.39 is 5.41 Å². The summed E-state index contributed by atoms with van der Waals surface area (Å²) in [6.07, 6.45) is 0. The van der Waals surface area contributed by atoms with E-state index in [4.69, 9.17) is 0 Å². The molecule has 0 nitrogen and oxygen atoms in total. The normalized spacial score (nSPS) is 13.1. The Morgan fingerprint density at radius 2 is 0.644 bits per heavy atom. The Labute approximate surface area is 323 Å². The fourth-order valence-electron chi connectivity index (χ4n) is 5.85. The van der Waals surface area contributed by atoms with Crippen molar-refractivity contribution in [1.82, 2.24) is 0 Å². The van der Waals surface area contributed by atoms with Gasteiger partial charge >= 0.3 is 0 Å². The van der Waals surface area contributed by atoms with E-state index in [2.05, 4.69) is 172 Å². The molecule has 0 aliphatic heterocycles. The predicted molar refractivity (Wildman–Crippen MR) is 266 cm³/mol. The molecule has 14 atom stereocenters. The number of halogens is 4. The molecule has 0 aromatic heterocycles. The first-order valence-corrected chi connectivity index (χ1v) is 22.7. The molecule has 14 unspecified atom stereocenters. The summed E-state index contributed by atoms with van der Waals surface area (Å²) in [5, 5.41) is 11.3. The highest BCUT2D eigenvalue weighted by molar-refractivity contribution is 14.1. The van der Waals surface area contributed by atoms with E-state index in [-0.39, 0.29) is 11.6 Å². The van der Waals surface area contributed by atoms with Crippen LogP contribution in [-0.4, -0.2) is 0 Å². The maximum atomic E-state index is 16.6. The third kappa shape index (κ3) is 6.54. The molecule has 0 radical (unpaired) electrons. The van der Waals surface area contributed by atoms with Crippen molar-refractivity contribution >= 4 is 234 Å². The van der Waals surface area contributed by atoms with Crippen molar-refractivity contribution in [3.8, 4) is 0 Å². The van der Waals surface area contributed by atoms with E-state index >= 15 is 8.78 Å². The van der Waals surface area contributed by atoms with Crippen LogP contribution in [0.3, 0.4) is 0 Å². The van der Waals surface area contributed by atoms with Gasteiger partial charge in [-0.25, -0.2) is 8.78 Å². The van der Waals surface area contributed by atoms with Crippen molar-refractivity contribution in [1.29, 1.82) is 0 Å². The molecule has 45 heavy (non-hydrogen) atoms. The van der Waals surface area contributed by atoms with Crippen LogP contribution < -0.4 is 69.0 Å². The molecule has 0 amide bonds. The average molecular weight is 1070 g/mol. The van der Waals surface area contributed by atoms with Crippen LogP contribution in [0.5, 0.6) is 0 Å². The van der Waals surface area contributed by atoms with Crippen molar-refractivity contribution < 1.29 is 8.78 Å². The van der Waals surface area contributed by atoms with E-state index in [1.165, 1.54) is 0 Å². The molecular formula is C28H35F2I2P13. The molecule has 0 aliphatic carbocycles. The predicted octanol–water partition coefficient (Wildman–Crippen LogP) is 1.99. The van der Waals surface area contributed by atoms with Gasteiger partial charge < -0.3 is 0 Å². The minimum absolute atomic E-state index is 0.297. The molecule has 0 fully saturated rings. The highest BCUT2D eigenvalue weighted by atomic mass is 127. The number of hydrogen-bond donors (Lipinski definition) is 0. The minimum Gasteiger partial charge on any atom is -0.206 e. The van der Waals surface area contributed by atoms with Gasteiger partial charge in [0.15, 0.2) is 0 Å². The molecule has 240 valence electrons. The first-order chi connectivity index (χ1) is 20.7. The lowest BCUT2D eigenvalue weighted by atomic mass is 9.64. The molecule has 0 N–H and O–H groups in total. The van der Waals surface area contributed by atoms with E-state index in [1.54, 1.807) is 6.92 Å². The Morgan fingerprint density at radius 3 is 1.07 bits per heavy atom. The standard InChI is InChI=1S/C28H35F2I2P13/c1-4-11(29)18(36)7(14(32)13(4)31)28(8-19(37)12(30)5(2)15(33)20(8)38,9-21(39)16(34)6(3)17(35)22(9)40)10-23(41)25(43)27(45)26(44)24(10)42/h33-45H2,1-3H3. The Balaban J connectivity index is 2.69. The van der Waals surface area contributed by atoms with Crippen molar-refractivity contribution in [2.75, 3.05) is 0 Å². The quantitative estimate of drug-likeness (QED) is 0.127. The lowest BCUT2D eigenvalue weighted by Crippen LogP contribution is -2.57. The second-order valence-corrected chi connectivity index (χ2v) is 20.4. The Hall–Kier alpha value is 3.79. The molecule has 0 heterocycles. The Kier molecular flexibility index (Phi) is 14.4. The molecule has 0 spiro atoms. The zero-order chi connectivity index (χ0) is 34.4. The van der Waals surface area contributed by atoms with Crippen LogP contribution >= 0.6 is 165 Å². The minimum atomic E-state index is -1.22. The Bertz CT molecular complexity index is 1580. The molecule has 0 saturated heterocycles. The van der Waals surface area contributed by atoms with Crippen molar-refractivity contribution in [2.24, 2.45) is 0 Å². The number of hydrogen-bond acceptors (Lipinski definition) is 0. The number of rotatable bonds is 4. The summed E-state index contributed by atoms with van der Waals surface area (Å²) < 4.78 is 35.0. The zero-order valence-corrected chi connectivity index (χ0v) is 43.8. The van der Waals surface area contributed by atoms with Crippen LogP contribution in [0.1, 0.15) is 38.9 Å². The van der Waals surface area contributed by atoms with Gasteiger partial charge in [-0.1, -0.05) is 0 Å². The van der Waals surface area contributed by atoms with Gasteiger partial charge in [-0.2, -0.15) is 0 Å². The van der Waals surface area contributed by atoms with Gasteiger partial charge in [-0.05, 0) is 163 Å².